The van der Waals surface area contributed by atoms with E-state index in [2.05, 4.69) is 35.5 Å². The van der Waals surface area contributed by atoms with Gasteiger partial charge in [0.25, 0.3) is 0 Å². The van der Waals surface area contributed by atoms with Crippen LogP contribution in [0, 0.1) is 0 Å². The van der Waals surface area contributed by atoms with Crippen molar-refractivity contribution in [3.8, 4) is 21.8 Å². The van der Waals surface area contributed by atoms with Gasteiger partial charge in [-0.2, -0.15) is 0 Å². The van der Waals surface area contributed by atoms with Gasteiger partial charge in [-0.25, -0.2) is 23.4 Å². The van der Waals surface area contributed by atoms with Crippen molar-refractivity contribution in [3.05, 3.63) is 40.5 Å². The second-order valence-electron chi connectivity index (χ2n) is 7.29. The molecule has 0 fully saturated rings. The zero-order valence-corrected chi connectivity index (χ0v) is 18.2. The summed E-state index contributed by atoms with van der Waals surface area (Å²) < 4.78 is 25.7. The lowest BCUT2D eigenvalue weighted by Gasteiger charge is -2.13. The monoisotopic (exact) mass is 437 g/mol. The Balaban J connectivity index is 2.24. The van der Waals surface area contributed by atoms with Crippen LogP contribution < -0.4 is 10.5 Å². The standard InChI is InChI=1S/C18H20ClN5O2S2/c1-18(2,3)16-23-14(15(27-16)12-8-9-21-17(20)22-12)10-6-5-7-11(13(10)19)24-28(4,25)26/h5-9,24H,1-4H3,(H2,20,21,22). The fraction of sp³-hybridized carbons (Fsp3) is 0.278. The van der Waals surface area contributed by atoms with E-state index in [0.29, 0.717) is 22.6 Å². The van der Waals surface area contributed by atoms with Gasteiger partial charge in [0.2, 0.25) is 16.0 Å². The Labute approximate surface area is 173 Å². The highest BCUT2D eigenvalue weighted by molar-refractivity contribution is 7.92. The van der Waals surface area contributed by atoms with E-state index in [9.17, 15) is 8.42 Å². The molecule has 0 atom stereocenters. The molecule has 2 heterocycles. The Bertz CT molecular complexity index is 1140. The molecule has 0 saturated heterocycles. The second-order valence-corrected chi connectivity index (χ2v) is 10.4. The summed E-state index contributed by atoms with van der Waals surface area (Å²) in [6, 6.07) is 6.88. The topological polar surface area (TPSA) is 111 Å². The molecule has 0 amide bonds. The number of hydrogen-bond donors (Lipinski definition) is 2. The lowest BCUT2D eigenvalue weighted by molar-refractivity contribution is 0.586. The van der Waals surface area contributed by atoms with Gasteiger partial charge < -0.3 is 5.73 Å². The van der Waals surface area contributed by atoms with Crippen molar-refractivity contribution in [1.82, 2.24) is 15.0 Å². The maximum atomic E-state index is 11.6. The minimum absolute atomic E-state index is 0.160. The van der Waals surface area contributed by atoms with Crippen LogP contribution in [0.4, 0.5) is 11.6 Å². The lowest BCUT2D eigenvalue weighted by atomic mass is 9.98. The number of nitrogens with zero attached hydrogens (tertiary/aromatic N) is 3. The van der Waals surface area contributed by atoms with E-state index >= 15 is 0 Å². The molecule has 7 nitrogen and oxygen atoms in total. The molecule has 0 bridgehead atoms. The maximum absolute atomic E-state index is 11.6. The SMILES string of the molecule is CC(C)(C)c1nc(-c2cccc(NS(C)(=O)=O)c2Cl)c(-c2ccnc(N)n2)s1. The van der Waals surface area contributed by atoms with Crippen LogP contribution >= 0.6 is 22.9 Å². The second kappa shape index (κ2) is 7.31. The highest BCUT2D eigenvalue weighted by atomic mass is 35.5. The van der Waals surface area contributed by atoms with Gasteiger partial charge in [-0.15, -0.1) is 11.3 Å². The normalized spacial score (nSPS) is 12.2. The summed E-state index contributed by atoms with van der Waals surface area (Å²) in [6.45, 7) is 6.20. The number of nitrogens with two attached hydrogens (primary N) is 1. The summed E-state index contributed by atoms with van der Waals surface area (Å²) in [5.41, 5.74) is 7.72. The first-order chi connectivity index (χ1) is 13.0. The summed E-state index contributed by atoms with van der Waals surface area (Å²) >= 11 is 8.04. The summed E-state index contributed by atoms with van der Waals surface area (Å²) in [5.74, 6) is 0.160. The predicted molar refractivity (Wildman–Crippen MR) is 115 cm³/mol. The van der Waals surface area contributed by atoms with Crippen LogP contribution in [0.2, 0.25) is 5.02 Å². The average Bonchev–Trinajstić information content (AvgIpc) is 3.01. The molecule has 0 aliphatic rings. The molecule has 3 aromatic rings. The minimum atomic E-state index is -3.47. The van der Waals surface area contributed by atoms with Crippen LogP contribution in [0.3, 0.4) is 0 Å². The van der Waals surface area contributed by atoms with Crippen molar-refractivity contribution >= 4 is 44.6 Å². The largest absolute Gasteiger partial charge is 0.368 e. The van der Waals surface area contributed by atoms with Gasteiger partial charge in [0.1, 0.15) is 0 Å². The average molecular weight is 438 g/mol. The first-order valence-electron chi connectivity index (χ1n) is 8.32. The number of sulfonamides is 1. The van der Waals surface area contributed by atoms with Gasteiger partial charge in [0, 0.05) is 17.2 Å². The van der Waals surface area contributed by atoms with Crippen molar-refractivity contribution in [2.45, 2.75) is 26.2 Å². The molecule has 3 N–H and O–H groups in total. The van der Waals surface area contributed by atoms with Gasteiger partial charge in [-0.05, 0) is 12.1 Å². The van der Waals surface area contributed by atoms with E-state index in [4.69, 9.17) is 22.3 Å². The number of halogens is 1. The summed E-state index contributed by atoms with van der Waals surface area (Å²) in [5, 5.41) is 1.16. The molecule has 0 saturated carbocycles. The molecule has 0 radical (unpaired) electrons. The van der Waals surface area contributed by atoms with Crippen LogP contribution in [-0.4, -0.2) is 29.6 Å². The Kier molecular flexibility index (Phi) is 5.35. The fourth-order valence-corrected chi connectivity index (χ4v) is 4.49. The first kappa shape index (κ1) is 20.5. The van der Waals surface area contributed by atoms with Crippen molar-refractivity contribution in [3.63, 3.8) is 0 Å². The molecule has 148 valence electrons. The predicted octanol–water partition coefficient (Wildman–Crippen LogP) is 4.17. The van der Waals surface area contributed by atoms with E-state index in [0.717, 1.165) is 16.1 Å². The van der Waals surface area contributed by atoms with Crippen LogP contribution in [0.5, 0.6) is 0 Å². The summed E-state index contributed by atoms with van der Waals surface area (Å²) in [6.07, 6.45) is 2.66. The zero-order valence-electron chi connectivity index (χ0n) is 15.8. The third-order valence-corrected chi connectivity index (χ3v) is 6.23. The van der Waals surface area contributed by atoms with Crippen LogP contribution in [0.15, 0.2) is 30.5 Å². The molecule has 1 aromatic carbocycles. The Morgan fingerprint density at radius 1 is 1.18 bits per heavy atom. The number of nitrogen functional groups attached to an aromatic ring is 1. The minimum Gasteiger partial charge on any atom is -0.368 e. The number of thiazole rings is 1. The van der Waals surface area contributed by atoms with Gasteiger partial charge in [0.15, 0.2) is 0 Å². The van der Waals surface area contributed by atoms with Crippen LogP contribution in [0.1, 0.15) is 25.8 Å². The van der Waals surface area contributed by atoms with E-state index in [1.807, 2.05) is 0 Å². The number of hydrogen-bond acceptors (Lipinski definition) is 7. The van der Waals surface area contributed by atoms with Gasteiger partial charge in [0.05, 0.1) is 38.2 Å². The molecule has 2 aromatic heterocycles. The molecular formula is C18H20ClN5O2S2. The van der Waals surface area contributed by atoms with E-state index in [1.165, 1.54) is 11.3 Å². The van der Waals surface area contributed by atoms with Crippen molar-refractivity contribution in [2.75, 3.05) is 16.7 Å². The molecule has 0 spiro atoms. The number of anilines is 2. The highest BCUT2D eigenvalue weighted by Crippen LogP contribution is 2.43. The first-order valence-corrected chi connectivity index (χ1v) is 11.4. The lowest BCUT2D eigenvalue weighted by Crippen LogP contribution is -2.10. The Morgan fingerprint density at radius 2 is 1.89 bits per heavy atom. The molecule has 0 unspecified atom stereocenters. The molecule has 0 aliphatic heterocycles. The van der Waals surface area contributed by atoms with Crippen molar-refractivity contribution in [2.24, 2.45) is 0 Å². The smallest absolute Gasteiger partial charge is 0.229 e. The van der Waals surface area contributed by atoms with E-state index in [-0.39, 0.29) is 16.4 Å². The van der Waals surface area contributed by atoms with E-state index < -0.39 is 10.0 Å². The molecule has 0 aliphatic carbocycles. The highest BCUT2D eigenvalue weighted by Gasteiger charge is 2.25. The number of benzene rings is 1. The maximum Gasteiger partial charge on any atom is 0.229 e. The quantitative estimate of drug-likeness (QED) is 0.633. The van der Waals surface area contributed by atoms with Crippen molar-refractivity contribution < 1.29 is 8.42 Å². The van der Waals surface area contributed by atoms with E-state index in [1.54, 1.807) is 30.5 Å². The molecular weight excluding hydrogens is 418 g/mol. The van der Waals surface area contributed by atoms with Crippen LogP contribution in [0.25, 0.3) is 21.8 Å². The Hall–Kier alpha value is -2.23. The number of aromatic nitrogens is 3. The summed E-state index contributed by atoms with van der Waals surface area (Å²) in [4.78, 5) is 13.9. The molecule has 3 rings (SSSR count). The molecule has 28 heavy (non-hydrogen) atoms. The van der Waals surface area contributed by atoms with Gasteiger partial charge in [-0.3, -0.25) is 4.72 Å². The fourth-order valence-electron chi connectivity index (χ4n) is 2.49. The number of rotatable bonds is 4. The third-order valence-electron chi connectivity index (χ3n) is 3.72. The third kappa shape index (κ3) is 4.43. The molecule has 10 heteroatoms. The number of nitrogens with one attached hydrogen (secondary N) is 1. The van der Waals surface area contributed by atoms with Crippen molar-refractivity contribution in [1.29, 1.82) is 0 Å². The summed E-state index contributed by atoms with van der Waals surface area (Å²) in [7, 11) is -3.47. The zero-order chi connectivity index (χ0) is 20.7. The Morgan fingerprint density at radius 3 is 2.50 bits per heavy atom. The van der Waals surface area contributed by atoms with Gasteiger partial charge in [-0.1, -0.05) is 44.5 Å². The van der Waals surface area contributed by atoms with Crippen LogP contribution in [-0.2, 0) is 15.4 Å². The van der Waals surface area contributed by atoms with Gasteiger partial charge >= 0.3 is 0 Å².